The van der Waals surface area contributed by atoms with Crippen molar-refractivity contribution in [3.8, 4) is 0 Å². The summed E-state index contributed by atoms with van der Waals surface area (Å²) in [6.07, 6.45) is 0. The van der Waals surface area contributed by atoms with Crippen LogP contribution in [0.1, 0.15) is 19.4 Å². The lowest BCUT2D eigenvalue weighted by Gasteiger charge is -2.10. The van der Waals surface area contributed by atoms with E-state index in [0.717, 1.165) is 0 Å². The zero-order chi connectivity index (χ0) is 15.0. The summed E-state index contributed by atoms with van der Waals surface area (Å²) < 4.78 is 10.8. The summed E-state index contributed by atoms with van der Waals surface area (Å²) >= 11 is 0. The van der Waals surface area contributed by atoms with Crippen LogP contribution in [0, 0.1) is 16.0 Å². The second-order valence-electron chi connectivity index (χ2n) is 4.76. The van der Waals surface area contributed by atoms with E-state index < -0.39 is 4.92 Å². The molecule has 0 heterocycles. The quantitative estimate of drug-likeness (QED) is 0.311. The molecule has 112 valence electrons. The fraction of sp³-hybridized carbons (Fsp3) is 0.538. The van der Waals surface area contributed by atoms with Gasteiger partial charge in [-0.25, -0.2) is 0 Å². The number of hydrazine groups is 1. The summed E-state index contributed by atoms with van der Waals surface area (Å²) in [6, 6.07) is 4.40. The molecule has 1 aromatic carbocycles. The largest absolute Gasteiger partial charge is 0.379 e. The Labute approximate surface area is 118 Å². The number of hydrogen-bond acceptors (Lipinski definition) is 6. The Morgan fingerprint density at radius 1 is 1.35 bits per heavy atom. The van der Waals surface area contributed by atoms with Crippen molar-refractivity contribution >= 4 is 11.4 Å². The van der Waals surface area contributed by atoms with Crippen molar-refractivity contribution in [1.29, 1.82) is 0 Å². The molecule has 0 saturated carbocycles. The fourth-order valence-corrected chi connectivity index (χ4v) is 1.57. The maximum atomic E-state index is 10.7. The van der Waals surface area contributed by atoms with Gasteiger partial charge in [0.25, 0.3) is 5.69 Å². The molecule has 0 aliphatic carbocycles. The van der Waals surface area contributed by atoms with Crippen molar-refractivity contribution in [1.82, 2.24) is 0 Å². The topological polar surface area (TPSA) is 99.6 Å². The van der Waals surface area contributed by atoms with Gasteiger partial charge in [0.15, 0.2) is 0 Å². The van der Waals surface area contributed by atoms with Gasteiger partial charge in [-0.15, -0.1) is 0 Å². The van der Waals surface area contributed by atoms with Gasteiger partial charge in [-0.05, 0) is 12.0 Å². The van der Waals surface area contributed by atoms with E-state index >= 15 is 0 Å². The molecular formula is C13H21N3O4. The third kappa shape index (κ3) is 5.52. The molecule has 20 heavy (non-hydrogen) atoms. The molecule has 0 saturated heterocycles. The Morgan fingerprint density at radius 3 is 2.65 bits per heavy atom. The van der Waals surface area contributed by atoms with Crippen molar-refractivity contribution < 1.29 is 14.4 Å². The average molecular weight is 283 g/mol. The number of nitro benzene ring substituents is 1. The third-order valence-corrected chi connectivity index (χ3v) is 2.54. The molecule has 7 heteroatoms. The van der Waals surface area contributed by atoms with Crippen LogP contribution in [0.25, 0.3) is 0 Å². The minimum Gasteiger partial charge on any atom is -0.379 e. The van der Waals surface area contributed by atoms with Crippen molar-refractivity contribution in [3.63, 3.8) is 0 Å². The van der Waals surface area contributed by atoms with Gasteiger partial charge in [-0.3, -0.25) is 16.0 Å². The van der Waals surface area contributed by atoms with E-state index in [1.165, 1.54) is 12.1 Å². The monoisotopic (exact) mass is 283 g/mol. The third-order valence-electron chi connectivity index (χ3n) is 2.54. The van der Waals surface area contributed by atoms with E-state index in [4.69, 9.17) is 15.3 Å². The molecule has 7 nitrogen and oxygen atoms in total. The van der Waals surface area contributed by atoms with Crippen LogP contribution in [0.3, 0.4) is 0 Å². The molecule has 0 radical (unpaired) electrons. The number of anilines is 1. The molecule has 3 N–H and O–H groups in total. The Kier molecular flexibility index (Phi) is 6.92. The predicted molar refractivity (Wildman–Crippen MR) is 76.2 cm³/mol. The molecule has 0 amide bonds. The first-order valence-electron chi connectivity index (χ1n) is 6.44. The van der Waals surface area contributed by atoms with Gasteiger partial charge in [0, 0.05) is 24.3 Å². The number of nitrogen functional groups attached to an aromatic ring is 1. The lowest BCUT2D eigenvalue weighted by molar-refractivity contribution is -0.384. The van der Waals surface area contributed by atoms with Gasteiger partial charge >= 0.3 is 0 Å². The second kappa shape index (κ2) is 8.47. The lowest BCUT2D eigenvalue weighted by atomic mass is 10.1. The summed E-state index contributed by atoms with van der Waals surface area (Å²) in [5, 5.41) is 10.7. The summed E-state index contributed by atoms with van der Waals surface area (Å²) in [4.78, 5) is 10.3. The number of rotatable bonds is 9. The highest BCUT2D eigenvalue weighted by Gasteiger charge is 2.10. The minimum atomic E-state index is -0.449. The van der Waals surface area contributed by atoms with Gasteiger partial charge in [-0.2, -0.15) is 0 Å². The number of nitrogens with two attached hydrogens (primary N) is 1. The maximum absolute atomic E-state index is 10.7. The molecule has 0 aliphatic heterocycles. The van der Waals surface area contributed by atoms with Crippen LogP contribution in [0.15, 0.2) is 18.2 Å². The molecule has 1 aromatic rings. The van der Waals surface area contributed by atoms with Crippen LogP contribution in [0.5, 0.6) is 0 Å². The van der Waals surface area contributed by atoms with Crippen molar-refractivity contribution in [2.45, 2.75) is 20.5 Å². The zero-order valence-corrected chi connectivity index (χ0v) is 11.8. The van der Waals surface area contributed by atoms with E-state index in [9.17, 15) is 10.1 Å². The van der Waals surface area contributed by atoms with Gasteiger partial charge in [0.05, 0.1) is 30.4 Å². The molecule has 0 aliphatic rings. The molecule has 0 spiro atoms. The smallest absolute Gasteiger partial charge is 0.269 e. The molecule has 0 atom stereocenters. The van der Waals surface area contributed by atoms with Crippen LogP contribution in [-0.4, -0.2) is 24.7 Å². The van der Waals surface area contributed by atoms with E-state index in [0.29, 0.717) is 37.0 Å². The van der Waals surface area contributed by atoms with Crippen LogP contribution in [-0.2, 0) is 16.1 Å². The number of nitrogens with zero attached hydrogens (tertiary/aromatic N) is 1. The number of hydrogen-bond donors (Lipinski definition) is 2. The number of ether oxygens (including phenoxy) is 2. The first kappa shape index (κ1) is 16.4. The predicted octanol–water partition coefficient (Wildman–Crippen LogP) is 2.07. The van der Waals surface area contributed by atoms with Crippen LogP contribution in [0.2, 0.25) is 0 Å². The minimum absolute atomic E-state index is 0.0126. The van der Waals surface area contributed by atoms with Gasteiger partial charge in [0.2, 0.25) is 0 Å². The fourth-order valence-electron chi connectivity index (χ4n) is 1.57. The average Bonchev–Trinajstić information content (AvgIpc) is 2.42. The SMILES string of the molecule is CC(C)COCCOCc1cc([N+](=O)[O-])ccc1NN. The van der Waals surface area contributed by atoms with Crippen LogP contribution < -0.4 is 11.3 Å². The van der Waals surface area contributed by atoms with E-state index in [1.54, 1.807) is 6.07 Å². The zero-order valence-electron chi connectivity index (χ0n) is 11.8. The van der Waals surface area contributed by atoms with Gasteiger partial charge in [0.1, 0.15) is 0 Å². The van der Waals surface area contributed by atoms with E-state index in [1.807, 2.05) is 0 Å². The summed E-state index contributed by atoms with van der Waals surface area (Å²) in [5.74, 6) is 5.85. The molecule has 0 aromatic heterocycles. The molecular weight excluding hydrogens is 262 g/mol. The normalized spacial score (nSPS) is 10.8. The first-order chi connectivity index (χ1) is 9.54. The lowest BCUT2D eigenvalue weighted by Crippen LogP contribution is -2.12. The highest BCUT2D eigenvalue weighted by Crippen LogP contribution is 2.22. The Balaban J connectivity index is 2.45. The Hall–Kier alpha value is -1.70. The highest BCUT2D eigenvalue weighted by molar-refractivity contribution is 5.55. The van der Waals surface area contributed by atoms with Gasteiger partial charge < -0.3 is 14.9 Å². The first-order valence-corrected chi connectivity index (χ1v) is 6.44. The van der Waals surface area contributed by atoms with E-state index in [-0.39, 0.29) is 12.3 Å². The highest BCUT2D eigenvalue weighted by atomic mass is 16.6. The number of nitrogens with one attached hydrogen (secondary N) is 1. The maximum Gasteiger partial charge on any atom is 0.269 e. The number of nitro groups is 1. The van der Waals surface area contributed by atoms with Crippen LogP contribution in [0.4, 0.5) is 11.4 Å². The number of non-ortho nitro benzene ring substituents is 1. The molecule has 0 fully saturated rings. The van der Waals surface area contributed by atoms with Crippen LogP contribution >= 0.6 is 0 Å². The molecule has 0 bridgehead atoms. The summed E-state index contributed by atoms with van der Waals surface area (Å²) in [6.45, 7) is 6.01. The Morgan fingerprint density at radius 2 is 2.05 bits per heavy atom. The molecule has 1 rings (SSSR count). The standard InChI is InChI=1S/C13H21N3O4/c1-10(2)8-19-5-6-20-9-11-7-12(16(17)18)3-4-13(11)15-14/h3-4,7,10,15H,5-6,8-9,14H2,1-2H3. The second-order valence-corrected chi connectivity index (χ2v) is 4.76. The Bertz CT molecular complexity index is 438. The van der Waals surface area contributed by atoms with Crippen molar-refractivity contribution in [2.24, 2.45) is 11.8 Å². The summed E-state index contributed by atoms with van der Waals surface area (Å²) in [7, 11) is 0. The molecule has 0 unspecified atom stereocenters. The number of benzene rings is 1. The van der Waals surface area contributed by atoms with Crippen molar-refractivity contribution in [3.05, 3.63) is 33.9 Å². The van der Waals surface area contributed by atoms with E-state index in [2.05, 4.69) is 19.3 Å². The summed E-state index contributed by atoms with van der Waals surface area (Å²) in [5.41, 5.74) is 3.76. The van der Waals surface area contributed by atoms with Gasteiger partial charge in [-0.1, -0.05) is 13.8 Å². The van der Waals surface area contributed by atoms with Crippen molar-refractivity contribution in [2.75, 3.05) is 25.2 Å².